The Hall–Kier alpha value is -1.36. The Morgan fingerprint density at radius 1 is 1.47 bits per heavy atom. The largest absolute Gasteiger partial charge is 0.481 e. The van der Waals surface area contributed by atoms with Crippen molar-refractivity contribution in [1.82, 2.24) is 10.6 Å². The highest BCUT2D eigenvalue weighted by Crippen LogP contribution is 2.17. The lowest BCUT2D eigenvalue weighted by atomic mass is 10.1. The van der Waals surface area contributed by atoms with Crippen LogP contribution in [0.15, 0.2) is 12.2 Å². The minimum atomic E-state index is -0.834. The van der Waals surface area contributed by atoms with Gasteiger partial charge in [0.2, 0.25) is 5.91 Å². The van der Waals surface area contributed by atoms with E-state index in [1.165, 1.54) is 0 Å². The monoisotopic (exact) mass is 240 g/mol. The average molecular weight is 240 g/mol. The number of carbonyl (C=O) groups is 2. The molecule has 3 atom stereocenters. The average Bonchev–Trinajstić information content (AvgIpc) is 2.66. The molecule has 1 aliphatic rings. The smallest absolute Gasteiger partial charge is 0.310 e. The summed E-state index contributed by atoms with van der Waals surface area (Å²) in [5.74, 6) is -1.34. The zero-order chi connectivity index (χ0) is 12.8. The molecule has 0 spiro atoms. The molecule has 0 radical (unpaired) electrons. The molecule has 17 heavy (non-hydrogen) atoms. The standard InChI is InChI=1S/C12H20N2O3/c1-3-13-8(2)6-11(15)14-10-5-4-9(7-10)12(16)17/h4-5,8-10,13H,3,6-7H2,1-2H3,(H,14,15)(H,16,17). The van der Waals surface area contributed by atoms with Gasteiger partial charge in [0, 0.05) is 18.5 Å². The summed E-state index contributed by atoms with van der Waals surface area (Å²) in [6.45, 7) is 4.78. The summed E-state index contributed by atoms with van der Waals surface area (Å²) in [7, 11) is 0. The molecule has 3 N–H and O–H groups in total. The van der Waals surface area contributed by atoms with Gasteiger partial charge in [-0.15, -0.1) is 0 Å². The first-order valence-electron chi connectivity index (χ1n) is 5.96. The molecule has 0 heterocycles. The van der Waals surface area contributed by atoms with E-state index in [-0.39, 0.29) is 18.0 Å². The number of carboxylic acids is 1. The van der Waals surface area contributed by atoms with Gasteiger partial charge in [0.1, 0.15) is 0 Å². The molecule has 0 aromatic carbocycles. The van der Waals surface area contributed by atoms with Crippen LogP contribution in [0.4, 0.5) is 0 Å². The highest BCUT2D eigenvalue weighted by Gasteiger charge is 2.25. The van der Waals surface area contributed by atoms with Crippen LogP contribution in [0.1, 0.15) is 26.7 Å². The van der Waals surface area contributed by atoms with Gasteiger partial charge in [-0.05, 0) is 19.9 Å². The maximum atomic E-state index is 11.6. The number of nitrogens with one attached hydrogen (secondary N) is 2. The van der Waals surface area contributed by atoms with Crippen LogP contribution in [0.3, 0.4) is 0 Å². The van der Waals surface area contributed by atoms with E-state index in [0.717, 1.165) is 6.54 Å². The summed E-state index contributed by atoms with van der Waals surface area (Å²) in [4.78, 5) is 22.4. The summed E-state index contributed by atoms with van der Waals surface area (Å²) < 4.78 is 0. The zero-order valence-electron chi connectivity index (χ0n) is 10.3. The summed E-state index contributed by atoms with van der Waals surface area (Å²) in [5, 5.41) is 14.8. The lowest BCUT2D eigenvalue weighted by molar-refractivity contribution is -0.140. The van der Waals surface area contributed by atoms with E-state index >= 15 is 0 Å². The van der Waals surface area contributed by atoms with E-state index < -0.39 is 11.9 Å². The Bertz CT molecular complexity index is 315. The van der Waals surface area contributed by atoms with E-state index in [2.05, 4.69) is 10.6 Å². The van der Waals surface area contributed by atoms with Crippen LogP contribution < -0.4 is 10.6 Å². The molecule has 3 unspecified atom stereocenters. The van der Waals surface area contributed by atoms with Gasteiger partial charge >= 0.3 is 5.97 Å². The Balaban J connectivity index is 2.29. The van der Waals surface area contributed by atoms with Crippen molar-refractivity contribution in [2.75, 3.05) is 6.54 Å². The number of carboxylic acid groups (broad SMARTS) is 1. The molecule has 0 bridgehead atoms. The second-order valence-corrected chi connectivity index (χ2v) is 4.40. The van der Waals surface area contributed by atoms with Crippen LogP contribution in [0.2, 0.25) is 0 Å². The van der Waals surface area contributed by atoms with E-state index in [1.807, 2.05) is 13.8 Å². The summed E-state index contributed by atoms with van der Waals surface area (Å²) in [5.41, 5.74) is 0. The second kappa shape index (κ2) is 6.39. The Labute approximate surface area is 101 Å². The first-order valence-corrected chi connectivity index (χ1v) is 5.96. The molecule has 1 rings (SSSR count). The molecule has 0 aliphatic heterocycles. The number of rotatable bonds is 6. The second-order valence-electron chi connectivity index (χ2n) is 4.40. The van der Waals surface area contributed by atoms with E-state index in [1.54, 1.807) is 12.2 Å². The van der Waals surface area contributed by atoms with Crippen molar-refractivity contribution in [2.45, 2.75) is 38.8 Å². The molecule has 1 amide bonds. The first kappa shape index (κ1) is 13.7. The Morgan fingerprint density at radius 3 is 2.71 bits per heavy atom. The van der Waals surface area contributed by atoms with Crippen LogP contribution in [0.25, 0.3) is 0 Å². The maximum absolute atomic E-state index is 11.6. The number of hydrogen-bond acceptors (Lipinski definition) is 3. The van der Waals surface area contributed by atoms with Crippen molar-refractivity contribution >= 4 is 11.9 Å². The van der Waals surface area contributed by atoms with Crippen molar-refractivity contribution in [1.29, 1.82) is 0 Å². The molecule has 0 saturated carbocycles. The fraction of sp³-hybridized carbons (Fsp3) is 0.667. The summed E-state index contributed by atoms with van der Waals surface area (Å²) in [6, 6.07) is -0.00178. The molecule has 0 aromatic heterocycles. The quantitative estimate of drug-likeness (QED) is 0.591. The van der Waals surface area contributed by atoms with Gasteiger partial charge in [0.05, 0.1) is 5.92 Å². The lowest BCUT2D eigenvalue weighted by Gasteiger charge is -2.15. The minimum Gasteiger partial charge on any atom is -0.481 e. The fourth-order valence-corrected chi connectivity index (χ4v) is 1.95. The van der Waals surface area contributed by atoms with Crippen LogP contribution in [-0.2, 0) is 9.59 Å². The van der Waals surface area contributed by atoms with Gasteiger partial charge < -0.3 is 15.7 Å². The topological polar surface area (TPSA) is 78.4 Å². The molecular formula is C12H20N2O3. The predicted molar refractivity (Wildman–Crippen MR) is 64.6 cm³/mol. The van der Waals surface area contributed by atoms with Crippen LogP contribution in [-0.4, -0.2) is 35.6 Å². The van der Waals surface area contributed by atoms with Gasteiger partial charge in [-0.3, -0.25) is 9.59 Å². The molecule has 0 aromatic rings. The normalized spacial score (nSPS) is 24.6. The molecule has 5 heteroatoms. The highest BCUT2D eigenvalue weighted by molar-refractivity contribution is 5.78. The van der Waals surface area contributed by atoms with E-state index in [4.69, 9.17) is 5.11 Å². The minimum absolute atomic E-state index is 0.0425. The van der Waals surface area contributed by atoms with Crippen molar-refractivity contribution < 1.29 is 14.7 Å². The third kappa shape index (κ3) is 4.56. The lowest BCUT2D eigenvalue weighted by Crippen LogP contribution is -2.38. The van der Waals surface area contributed by atoms with Crippen molar-refractivity contribution in [3.63, 3.8) is 0 Å². The summed E-state index contributed by atoms with van der Waals surface area (Å²) in [6.07, 6.45) is 4.27. The van der Waals surface area contributed by atoms with Gasteiger partial charge in [0.15, 0.2) is 0 Å². The molecule has 0 saturated heterocycles. The third-order valence-electron chi connectivity index (χ3n) is 2.79. The van der Waals surface area contributed by atoms with Crippen LogP contribution in [0.5, 0.6) is 0 Å². The Kier molecular flexibility index (Phi) is 5.15. The fourth-order valence-electron chi connectivity index (χ4n) is 1.95. The number of carbonyl (C=O) groups excluding carboxylic acids is 1. The first-order chi connectivity index (χ1) is 8.02. The van der Waals surface area contributed by atoms with Crippen molar-refractivity contribution in [3.8, 4) is 0 Å². The van der Waals surface area contributed by atoms with Gasteiger partial charge in [-0.25, -0.2) is 0 Å². The van der Waals surface area contributed by atoms with Crippen molar-refractivity contribution in [2.24, 2.45) is 5.92 Å². The summed E-state index contributed by atoms with van der Waals surface area (Å²) >= 11 is 0. The molecule has 1 aliphatic carbocycles. The van der Waals surface area contributed by atoms with Gasteiger partial charge in [-0.1, -0.05) is 19.1 Å². The predicted octanol–water partition coefficient (Wildman–Crippen LogP) is 0.520. The van der Waals surface area contributed by atoms with Crippen molar-refractivity contribution in [3.05, 3.63) is 12.2 Å². The molecule has 0 fully saturated rings. The van der Waals surface area contributed by atoms with Crippen LogP contribution >= 0.6 is 0 Å². The van der Waals surface area contributed by atoms with E-state index in [0.29, 0.717) is 12.8 Å². The van der Waals surface area contributed by atoms with Gasteiger partial charge in [0.25, 0.3) is 0 Å². The maximum Gasteiger partial charge on any atom is 0.310 e. The zero-order valence-corrected chi connectivity index (χ0v) is 10.3. The number of aliphatic carboxylic acids is 1. The SMILES string of the molecule is CCNC(C)CC(=O)NC1C=CC(C(=O)O)C1. The number of amides is 1. The van der Waals surface area contributed by atoms with E-state index in [9.17, 15) is 9.59 Å². The molecular weight excluding hydrogens is 220 g/mol. The number of hydrogen-bond donors (Lipinski definition) is 3. The Morgan fingerprint density at radius 2 is 2.18 bits per heavy atom. The van der Waals surface area contributed by atoms with Gasteiger partial charge in [-0.2, -0.15) is 0 Å². The third-order valence-corrected chi connectivity index (χ3v) is 2.79. The molecule has 96 valence electrons. The highest BCUT2D eigenvalue weighted by atomic mass is 16.4. The molecule has 5 nitrogen and oxygen atoms in total. The van der Waals surface area contributed by atoms with Crippen LogP contribution in [0, 0.1) is 5.92 Å².